The first-order chi connectivity index (χ1) is 19.2. The zero-order chi connectivity index (χ0) is 28.4. The lowest BCUT2D eigenvalue weighted by atomic mass is 9.92. The summed E-state index contributed by atoms with van der Waals surface area (Å²) in [6.45, 7) is 5.25. The minimum absolute atomic E-state index is 0.0856. The Bertz CT molecular complexity index is 1530. The number of hydrogen-bond donors (Lipinski definition) is 2. The number of likely N-dealkylation sites (tertiary alicyclic amines) is 1. The zero-order valence-electron chi connectivity index (χ0n) is 22.5. The number of carboxylic acid groups (broad SMARTS) is 1. The molecule has 2 N–H and O–H groups in total. The summed E-state index contributed by atoms with van der Waals surface area (Å²) < 4.78 is 0. The average molecular weight is 576 g/mol. The SMILES string of the molecule is Cc1ccc2cc([C@H]3C[C@@H](c4cc(Cl)cc(Cl)c4)CN3C(C)c3ccc(C(=O)NCCC(=O)O)cc3)ccc2c1. The summed E-state index contributed by atoms with van der Waals surface area (Å²) in [4.78, 5) is 25.7. The summed E-state index contributed by atoms with van der Waals surface area (Å²) in [5.74, 6) is -0.954. The van der Waals surface area contributed by atoms with E-state index in [1.165, 1.54) is 21.9 Å². The van der Waals surface area contributed by atoms with Crippen molar-refractivity contribution in [3.05, 3.63) is 117 Å². The van der Waals surface area contributed by atoms with Crippen LogP contribution in [0.2, 0.25) is 10.0 Å². The first-order valence-electron chi connectivity index (χ1n) is 13.5. The number of benzene rings is 4. The molecule has 5 rings (SSSR count). The van der Waals surface area contributed by atoms with Gasteiger partial charge in [0.2, 0.25) is 0 Å². The van der Waals surface area contributed by atoms with Gasteiger partial charge < -0.3 is 10.4 Å². The second-order valence-electron chi connectivity index (χ2n) is 10.7. The summed E-state index contributed by atoms with van der Waals surface area (Å²) in [6, 6.07) is 27.0. The van der Waals surface area contributed by atoms with Crippen LogP contribution in [0.3, 0.4) is 0 Å². The maximum absolute atomic E-state index is 12.4. The van der Waals surface area contributed by atoms with Gasteiger partial charge in [-0.3, -0.25) is 14.5 Å². The number of nitrogens with one attached hydrogen (secondary N) is 1. The van der Waals surface area contributed by atoms with E-state index in [0.717, 1.165) is 24.1 Å². The standard InChI is InChI=1S/C33H32Cl2N2O3/c1-20-3-4-25-14-26(10-9-24(25)13-20)31-17-28(27-15-29(34)18-30(35)16-27)19-37(31)21(2)22-5-7-23(8-6-22)33(40)36-12-11-32(38)39/h3-10,13-16,18,21,28,31H,11-12,17,19H2,1-2H3,(H,36,40)(H,38,39)/t21?,28-,31-/m1/s1. The fraction of sp³-hybridized carbons (Fsp3) is 0.273. The third-order valence-corrected chi connectivity index (χ3v) is 8.31. The Hall–Kier alpha value is -3.38. The van der Waals surface area contributed by atoms with Crippen LogP contribution in [0.15, 0.2) is 78.9 Å². The van der Waals surface area contributed by atoms with Crippen molar-refractivity contribution in [2.24, 2.45) is 0 Å². The molecule has 1 unspecified atom stereocenters. The molecule has 206 valence electrons. The predicted molar refractivity (Wildman–Crippen MR) is 161 cm³/mol. The van der Waals surface area contributed by atoms with Crippen LogP contribution in [0.25, 0.3) is 10.8 Å². The molecule has 4 aromatic rings. The average Bonchev–Trinajstić information content (AvgIpc) is 3.37. The summed E-state index contributed by atoms with van der Waals surface area (Å²) in [7, 11) is 0. The molecular weight excluding hydrogens is 543 g/mol. The van der Waals surface area contributed by atoms with Gasteiger partial charge in [0.25, 0.3) is 5.91 Å². The van der Waals surface area contributed by atoms with Crippen LogP contribution in [0.1, 0.15) is 70.4 Å². The number of carbonyl (C=O) groups is 2. The molecule has 7 heteroatoms. The van der Waals surface area contributed by atoms with Gasteiger partial charge in [0.15, 0.2) is 0 Å². The normalized spacial score (nSPS) is 18.1. The molecule has 0 radical (unpaired) electrons. The zero-order valence-corrected chi connectivity index (χ0v) is 24.0. The van der Waals surface area contributed by atoms with E-state index in [-0.39, 0.29) is 36.9 Å². The Morgan fingerprint density at radius 3 is 2.30 bits per heavy atom. The van der Waals surface area contributed by atoms with Gasteiger partial charge in [-0.15, -0.1) is 0 Å². The summed E-state index contributed by atoms with van der Waals surface area (Å²) in [5, 5.41) is 15.2. The van der Waals surface area contributed by atoms with E-state index >= 15 is 0 Å². The van der Waals surface area contributed by atoms with Gasteiger partial charge in [0.1, 0.15) is 0 Å². The van der Waals surface area contributed by atoms with E-state index in [1.54, 1.807) is 18.2 Å². The maximum Gasteiger partial charge on any atom is 0.305 e. The molecule has 1 saturated heterocycles. The van der Waals surface area contributed by atoms with E-state index in [1.807, 2.05) is 24.3 Å². The number of halogens is 2. The molecule has 0 aromatic heterocycles. The Morgan fingerprint density at radius 2 is 1.60 bits per heavy atom. The Morgan fingerprint density at radius 1 is 0.925 bits per heavy atom. The molecule has 5 nitrogen and oxygen atoms in total. The van der Waals surface area contributed by atoms with Crippen LogP contribution in [0, 0.1) is 6.92 Å². The first-order valence-corrected chi connectivity index (χ1v) is 14.3. The van der Waals surface area contributed by atoms with E-state index in [0.29, 0.717) is 15.6 Å². The second kappa shape index (κ2) is 12.0. The highest BCUT2D eigenvalue weighted by atomic mass is 35.5. The number of aliphatic carboxylic acids is 1. The summed E-state index contributed by atoms with van der Waals surface area (Å²) in [6.07, 6.45) is 0.826. The van der Waals surface area contributed by atoms with Crippen LogP contribution in [0.4, 0.5) is 0 Å². The van der Waals surface area contributed by atoms with Crippen molar-refractivity contribution in [2.45, 2.75) is 44.7 Å². The molecule has 3 atom stereocenters. The monoisotopic (exact) mass is 574 g/mol. The number of fused-ring (bicyclic) bond motifs is 1. The fourth-order valence-corrected chi connectivity index (χ4v) is 6.29. The number of carbonyl (C=O) groups excluding carboxylic acids is 1. The minimum Gasteiger partial charge on any atom is -0.481 e. The Balaban J connectivity index is 1.43. The van der Waals surface area contributed by atoms with Crippen LogP contribution in [0.5, 0.6) is 0 Å². The van der Waals surface area contributed by atoms with Crippen LogP contribution >= 0.6 is 23.2 Å². The van der Waals surface area contributed by atoms with Crippen molar-refractivity contribution in [2.75, 3.05) is 13.1 Å². The van der Waals surface area contributed by atoms with E-state index < -0.39 is 5.97 Å². The molecule has 0 spiro atoms. The minimum atomic E-state index is -0.940. The predicted octanol–water partition coefficient (Wildman–Crippen LogP) is 7.95. The quantitative estimate of drug-likeness (QED) is 0.224. The van der Waals surface area contributed by atoms with E-state index in [9.17, 15) is 9.59 Å². The lowest BCUT2D eigenvalue weighted by molar-refractivity contribution is -0.136. The van der Waals surface area contributed by atoms with Gasteiger partial charge in [-0.05, 0) is 90.0 Å². The Labute approximate surface area is 244 Å². The number of aryl methyl sites for hydroxylation is 1. The van der Waals surface area contributed by atoms with Crippen molar-refractivity contribution in [1.82, 2.24) is 10.2 Å². The largest absolute Gasteiger partial charge is 0.481 e. The third kappa shape index (κ3) is 6.33. The van der Waals surface area contributed by atoms with Crippen molar-refractivity contribution in [3.63, 3.8) is 0 Å². The molecule has 4 aromatic carbocycles. The summed E-state index contributed by atoms with van der Waals surface area (Å²) >= 11 is 12.8. The van der Waals surface area contributed by atoms with Gasteiger partial charge in [0.05, 0.1) is 6.42 Å². The maximum atomic E-state index is 12.4. The Kier molecular flexibility index (Phi) is 8.46. The molecule has 1 aliphatic heterocycles. The highest BCUT2D eigenvalue weighted by molar-refractivity contribution is 6.34. The van der Waals surface area contributed by atoms with E-state index in [2.05, 4.69) is 60.5 Å². The molecule has 0 bridgehead atoms. The lowest BCUT2D eigenvalue weighted by Crippen LogP contribution is -2.28. The van der Waals surface area contributed by atoms with Gasteiger partial charge in [-0.2, -0.15) is 0 Å². The van der Waals surface area contributed by atoms with Crippen LogP contribution in [-0.4, -0.2) is 35.0 Å². The van der Waals surface area contributed by atoms with Gasteiger partial charge in [0, 0.05) is 40.8 Å². The van der Waals surface area contributed by atoms with Gasteiger partial charge in [-0.1, -0.05) is 71.2 Å². The highest BCUT2D eigenvalue weighted by Crippen LogP contribution is 2.46. The van der Waals surface area contributed by atoms with Gasteiger partial charge in [-0.25, -0.2) is 0 Å². The molecule has 40 heavy (non-hydrogen) atoms. The second-order valence-corrected chi connectivity index (χ2v) is 11.5. The molecule has 1 heterocycles. The molecule has 1 aliphatic rings. The van der Waals surface area contributed by atoms with Crippen LogP contribution in [-0.2, 0) is 4.79 Å². The van der Waals surface area contributed by atoms with Crippen molar-refractivity contribution >= 4 is 45.9 Å². The number of hydrogen-bond acceptors (Lipinski definition) is 3. The number of carboxylic acids is 1. The van der Waals surface area contributed by atoms with Crippen molar-refractivity contribution in [1.29, 1.82) is 0 Å². The molecular formula is C33H32Cl2N2O3. The smallest absolute Gasteiger partial charge is 0.305 e. The third-order valence-electron chi connectivity index (χ3n) is 7.88. The van der Waals surface area contributed by atoms with Crippen molar-refractivity contribution < 1.29 is 14.7 Å². The number of rotatable bonds is 8. The van der Waals surface area contributed by atoms with Gasteiger partial charge >= 0.3 is 5.97 Å². The fourth-order valence-electron chi connectivity index (χ4n) is 5.75. The number of nitrogens with zero attached hydrogens (tertiary/aromatic N) is 1. The molecule has 0 aliphatic carbocycles. The first kappa shape index (κ1) is 28.2. The topological polar surface area (TPSA) is 69.6 Å². The van der Waals surface area contributed by atoms with Crippen LogP contribution < -0.4 is 5.32 Å². The molecule has 1 amide bonds. The van der Waals surface area contributed by atoms with Crippen molar-refractivity contribution in [3.8, 4) is 0 Å². The number of amides is 1. The highest BCUT2D eigenvalue weighted by Gasteiger charge is 2.37. The lowest BCUT2D eigenvalue weighted by Gasteiger charge is -2.31. The molecule has 1 fully saturated rings. The molecule has 0 saturated carbocycles. The summed E-state index contributed by atoms with van der Waals surface area (Å²) in [5.41, 5.74) is 5.27. The van der Waals surface area contributed by atoms with E-state index in [4.69, 9.17) is 28.3 Å².